The highest BCUT2D eigenvalue weighted by Gasteiger charge is 2.60. The highest BCUT2D eigenvalue weighted by Crippen LogP contribution is 2.51. The molecule has 0 bridgehead atoms. The second-order valence-electron chi connectivity index (χ2n) is 9.75. The minimum absolute atomic E-state index is 0.00246. The number of fused-ring (bicyclic) bond motifs is 1. The van der Waals surface area contributed by atoms with E-state index in [-0.39, 0.29) is 55.0 Å². The summed E-state index contributed by atoms with van der Waals surface area (Å²) >= 11 is 1.34. The second kappa shape index (κ2) is 14.8. The van der Waals surface area contributed by atoms with Crippen LogP contribution in [-0.2, 0) is 23.9 Å². The van der Waals surface area contributed by atoms with E-state index in [0.717, 1.165) is 0 Å². The van der Waals surface area contributed by atoms with E-state index in [1.807, 2.05) is 6.92 Å². The molecule has 0 saturated carbocycles. The van der Waals surface area contributed by atoms with E-state index >= 15 is 0 Å². The summed E-state index contributed by atoms with van der Waals surface area (Å²) in [6.07, 6.45) is 0.502. The van der Waals surface area contributed by atoms with Gasteiger partial charge in [0.1, 0.15) is 18.9 Å². The molecule has 2 fully saturated rings. The van der Waals surface area contributed by atoms with Crippen LogP contribution in [0, 0.1) is 11.8 Å². The molecular formula is C26H36N6O9S. The molecule has 3 rings (SSSR count). The van der Waals surface area contributed by atoms with E-state index in [9.17, 15) is 34.2 Å². The third-order valence-corrected chi connectivity index (χ3v) is 8.31. The Morgan fingerprint density at radius 1 is 1.19 bits per heavy atom. The Balaban J connectivity index is 1.53. The fraction of sp³-hybridized carbons (Fsp3) is 0.538. The fourth-order valence-corrected chi connectivity index (χ4v) is 6.44. The van der Waals surface area contributed by atoms with Gasteiger partial charge < -0.3 is 35.2 Å². The molecule has 230 valence electrons. The van der Waals surface area contributed by atoms with E-state index in [1.165, 1.54) is 35.7 Å². The molecule has 0 aliphatic carbocycles. The van der Waals surface area contributed by atoms with Gasteiger partial charge in [0.15, 0.2) is 0 Å². The number of ether oxygens (including phenoxy) is 2. The number of carbonyl (C=O) groups is 5. The molecule has 16 heteroatoms. The molecule has 4 amide bonds. The number of nitrogens with one attached hydrogen (secondary N) is 4. The number of thioether (sulfide) groups is 1. The predicted octanol–water partition coefficient (Wildman–Crippen LogP) is -0.0996. The first kappa shape index (κ1) is 32.6. The van der Waals surface area contributed by atoms with Gasteiger partial charge in [0.05, 0.1) is 30.7 Å². The smallest absolute Gasteiger partial charge is 0.414 e. The average molecular weight is 609 g/mol. The third-order valence-electron chi connectivity index (χ3n) is 6.80. The van der Waals surface area contributed by atoms with E-state index in [4.69, 9.17) is 9.47 Å². The molecule has 2 saturated heterocycles. The van der Waals surface area contributed by atoms with Gasteiger partial charge in [-0.3, -0.25) is 25.2 Å². The molecular weight excluding hydrogens is 572 g/mol. The maximum atomic E-state index is 12.8. The number of guanidine groups is 1. The summed E-state index contributed by atoms with van der Waals surface area (Å²) < 4.78 is 9.63. The monoisotopic (exact) mass is 608 g/mol. The van der Waals surface area contributed by atoms with Gasteiger partial charge in [-0.25, -0.2) is 14.4 Å². The predicted molar refractivity (Wildman–Crippen MR) is 152 cm³/mol. The third kappa shape index (κ3) is 7.68. The number of alkyl carbamates (subject to hydrolysis) is 2. The Morgan fingerprint density at radius 3 is 2.36 bits per heavy atom. The standard InChI is InChI=1S/C26H36N6O9S/c1-5-9-40-25(38)30-24(31-26(39)41-10-6-2)28-8-7-27-21(34)16-11-15(12-29-16)42-20-13(3)18-17(14(4)33)22(35)32(18)19(20)23(36)37/h5-6,13-18,29,33H,1-2,7-12H2,3-4H3,(H,27,34)(H,36,37)(H2,28,30,31,38,39)/t13-,14-,15+,16+,17?,18?/m1/s1. The maximum Gasteiger partial charge on any atom is 0.414 e. The number of carbonyl (C=O) groups excluding carboxylic acids is 4. The number of aliphatic imine (C=N–C) groups is 1. The van der Waals surface area contributed by atoms with Gasteiger partial charge in [0, 0.05) is 29.2 Å². The van der Waals surface area contributed by atoms with E-state index in [0.29, 0.717) is 17.9 Å². The summed E-state index contributed by atoms with van der Waals surface area (Å²) in [5, 5.41) is 30.1. The SMILES string of the molecule is C=CCOC(=O)NC(=NCCNC(=O)[C@@H]1C[C@H](SC2=C(C(=O)O)N3C(=O)C([C@@H](C)O)C3[C@H]2C)CN1)NC(=O)OCC=C. The number of carboxylic acid groups (broad SMARTS) is 1. The lowest BCUT2D eigenvalue weighted by atomic mass is 9.79. The number of β-lactam (4-membered cyclic amide) rings is 1. The van der Waals surface area contributed by atoms with Crippen LogP contribution in [0.25, 0.3) is 0 Å². The maximum absolute atomic E-state index is 12.8. The first-order chi connectivity index (χ1) is 20.0. The van der Waals surface area contributed by atoms with Crippen molar-refractivity contribution < 1.29 is 43.7 Å². The van der Waals surface area contributed by atoms with Crippen molar-refractivity contribution in [3.05, 3.63) is 35.9 Å². The zero-order valence-corrected chi connectivity index (χ0v) is 24.1. The van der Waals surface area contributed by atoms with Gasteiger partial charge in [0.2, 0.25) is 17.8 Å². The summed E-state index contributed by atoms with van der Waals surface area (Å²) in [5.41, 5.74) is -0.0510. The van der Waals surface area contributed by atoms with Crippen molar-refractivity contribution in [3.8, 4) is 0 Å². The van der Waals surface area contributed by atoms with Crippen LogP contribution < -0.4 is 21.3 Å². The minimum atomic E-state index is -1.20. The summed E-state index contributed by atoms with van der Waals surface area (Å²) in [5.74, 6) is -3.03. The Morgan fingerprint density at radius 2 is 1.81 bits per heavy atom. The number of nitrogens with zero attached hydrogens (tertiary/aromatic N) is 2. The fourth-order valence-electron chi connectivity index (χ4n) is 4.97. The van der Waals surface area contributed by atoms with Crippen LogP contribution in [0.4, 0.5) is 9.59 Å². The quantitative estimate of drug-likeness (QED) is 0.0567. The Hall–Kier alpha value is -3.89. The molecule has 0 aromatic rings. The van der Waals surface area contributed by atoms with Crippen molar-refractivity contribution in [3.63, 3.8) is 0 Å². The average Bonchev–Trinajstić information content (AvgIpc) is 3.49. The van der Waals surface area contributed by atoms with Crippen molar-refractivity contribution in [1.82, 2.24) is 26.2 Å². The van der Waals surface area contributed by atoms with Crippen LogP contribution in [-0.4, -0.2) is 107 Å². The number of hydrogen-bond acceptors (Lipinski definition) is 11. The Labute approximate surface area is 246 Å². The molecule has 0 spiro atoms. The molecule has 0 aromatic carbocycles. The lowest BCUT2D eigenvalue weighted by molar-refractivity contribution is -0.163. The Kier molecular flexibility index (Phi) is 11.5. The van der Waals surface area contributed by atoms with Crippen LogP contribution in [0.5, 0.6) is 0 Å². The lowest BCUT2D eigenvalue weighted by Gasteiger charge is -2.46. The van der Waals surface area contributed by atoms with Gasteiger partial charge in [-0.2, -0.15) is 0 Å². The number of amides is 4. The van der Waals surface area contributed by atoms with Gasteiger partial charge >= 0.3 is 18.2 Å². The topological polar surface area (TPSA) is 208 Å². The number of carboxylic acids is 1. The molecule has 3 aliphatic rings. The molecule has 2 unspecified atom stereocenters. The van der Waals surface area contributed by atoms with Crippen LogP contribution in [0.15, 0.2) is 40.9 Å². The molecule has 42 heavy (non-hydrogen) atoms. The molecule has 0 aromatic heterocycles. The zero-order chi connectivity index (χ0) is 31.0. The minimum Gasteiger partial charge on any atom is -0.477 e. The first-order valence-electron chi connectivity index (χ1n) is 13.3. The number of aliphatic carboxylic acids is 1. The van der Waals surface area contributed by atoms with Gasteiger partial charge in [-0.05, 0) is 13.3 Å². The van der Waals surface area contributed by atoms with Gasteiger partial charge in [-0.15, -0.1) is 11.8 Å². The van der Waals surface area contributed by atoms with Crippen LogP contribution in [0.3, 0.4) is 0 Å². The highest BCUT2D eigenvalue weighted by atomic mass is 32.2. The van der Waals surface area contributed by atoms with Crippen LogP contribution in [0.2, 0.25) is 0 Å². The lowest BCUT2D eigenvalue weighted by Crippen LogP contribution is -2.63. The summed E-state index contributed by atoms with van der Waals surface area (Å²) in [7, 11) is 0. The Bertz CT molecular complexity index is 1140. The van der Waals surface area contributed by atoms with Crippen LogP contribution in [0.1, 0.15) is 20.3 Å². The van der Waals surface area contributed by atoms with Crippen molar-refractivity contribution in [1.29, 1.82) is 0 Å². The molecule has 3 aliphatic heterocycles. The van der Waals surface area contributed by atoms with Gasteiger partial charge in [0.25, 0.3) is 0 Å². The van der Waals surface area contributed by atoms with Crippen molar-refractivity contribution in [2.75, 3.05) is 32.8 Å². The second-order valence-corrected chi connectivity index (χ2v) is 11.1. The highest BCUT2D eigenvalue weighted by molar-refractivity contribution is 8.03. The largest absolute Gasteiger partial charge is 0.477 e. The molecule has 0 radical (unpaired) electrons. The summed E-state index contributed by atoms with van der Waals surface area (Å²) in [4.78, 5) is 66.9. The van der Waals surface area contributed by atoms with Gasteiger partial charge in [-0.1, -0.05) is 32.2 Å². The van der Waals surface area contributed by atoms with E-state index in [1.54, 1.807) is 0 Å². The molecule has 15 nitrogen and oxygen atoms in total. The van der Waals surface area contributed by atoms with E-state index < -0.39 is 48.2 Å². The van der Waals surface area contributed by atoms with Crippen molar-refractivity contribution in [2.45, 2.75) is 43.7 Å². The molecule has 6 N–H and O–H groups in total. The van der Waals surface area contributed by atoms with E-state index in [2.05, 4.69) is 39.4 Å². The normalized spacial score (nSPS) is 25.0. The first-order valence-corrected chi connectivity index (χ1v) is 14.2. The summed E-state index contributed by atoms with van der Waals surface area (Å²) in [6.45, 7) is 10.7. The summed E-state index contributed by atoms with van der Waals surface area (Å²) in [6, 6.07) is -0.943. The van der Waals surface area contributed by atoms with Crippen molar-refractivity contribution >= 4 is 47.7 Å². The number of hydrogen-bond donors (Lipinski definition) is 6. The molecule has 3 heterocycles. The zero-order valence-electron chi connectivity index (χ0n) is 23.3. The van der Waals surface area contributed by atoms with Crippen LogP contribution >= 0.6 is 11.8 Å². The number of aliphatic hydroxyl groups is 1. The number of rotatable bonds is 12. The molecule has 6 atom stereocenters. The van der Waals surface area contributed by atoms with Crippen molar-refractivity contribution in [2.24, 2.45) is 16.8 Å². The number of aliphatic hydroxyl groups excluding tert-OH is 1.